The molecule has 0 fully saturated rings. The highest BCUT2D eigenvalue weighted by Crippen LogP contribution is 2.30. The fraction of sp³-hybridized carbons (Fsp3) is 0.429. The Hall–Kier alpha value is -1.38. The van der Waals surface area contributed by atoms with E-state index in [1.165, 1.54) is 0 Å². The van der Waals surface area contributed by atoms with Crippen molar-refractivity contribution >= 4 is 23.2 Å². The third-order valence-corrected chi connectivity index (χ3v) is 3.83. The number of ether oxygens (including phenoxy) is 2. The Morgan fingerprint density at radius 3 is 1.44 bits per heavy atom. The molecule has 0 saturated carbocycles. The van der Waals surface area contributed by atoms with Crippen LogP contribution < -0.4 is 9.47 Å². The van der Waals surface area contributed by atoms with Crippen LogP contribution in [0.1, 0.15) is 44.4 Å². The molecule has 4 heteroatoms. The number of benzene rings is 2. The van der Waals surface area contributed by atoms with Crippen LogP contribution in [0.5, 0.6) is 11.5 Å². The summed E-state index contributed by atoms with van der Waals surface area (Å²) in [7, 11) is 3.25. The average Bonchev–Trinajstić information content (AvgIpc) is 2.63. The van der Waals surface area contributed by atoms with Crippen molar-refractivity contribution in [3.8, 4) is 11.5 Å². The van der Waals surface area contributed by atoms with Crippen molar-refractivity contribution in [1.82, 2.24) is 0 Å². The van der Waals surface area contributed by atoms with Gasteiger partial charge in [-0.2, -0.15) is 0 Å². The molecule has 25 heavy (non-hydrogen) atoms. The number of halogens is 2. The molecule has 2 nitrogen and oxygen atoms in total. The maximum absolute atomic E-state index is 5.97. The molecule has 0 amide bonds. The van der Waals surface area contributed by atoms with E-state index in [4.69, 9.17) is 32.7 Å². The first-order valence-corrected chi connectivity index (χ1v) is 9.26. The van der Waals surface area contributed by atoms with Gasteiger partial charge in [0.1, 0.15) is 11.5 Å². The molecule has 142 valence electrons. The zero-order chi connectivity index (χ0) is 20.0. The second-order valence-electron chi connectivity index (χ2n) is 4.64. The second-order valence-corrected chi connectivity index (χ2v) is 5.42. The van der Waals surface area contributed by atoms with E-state index in [0.29, 0.717) is 10.0 Å². The average molecular weight is 387 g/mol. The zero-order valence-electron chi connectivity index (χ0n) is 17.0. The summed E-state index contributed by atoms with van der Waals surface area (Å²) >= 11 is 11.8. The van der Waals surface area contributed by atoms with Crippen molar-refractivity contribution in [3.05, 3.63) is 57.1 Å². The zero-order valence-corrected chi connectivity index (χ0v) is 18.5. The fourth-order valence-electron chi connectivity index (χ4n) is 1.88. The quantitative estimate of drug-likeness (QED) is 0.526. The van der Waals surface area contributed by atoms with Crippen LogP contribution in [0.2, 0.25) is 10.0 Å². The van der Waals surface area contributed by atoms with E-state index >= 15 is 0 Å². The molecule has 0 unspecified atom stereocenters. The lowest BCUT2D eigenvalue weighted by molar-refractivity contribution is 0.411. The van der Waals surface area contributed by atoms with Gasteiger partial charge in [-0.25, -0.2) is 0 Å². The first kappa shape index (κ1) is 25.9. The van der Waals surface area contributed by atoms with Crippen LogP contribution in [0.3, 0.4) is 0 Å². The first-order chi connectivity index (χ1) is 11.9. The van der Waals surface area contributed by atoms with E-state index in [1.807, 2.05) is 78.8 Å². The highest BCUT2D eigenvalue weighted by atomic mass is 35.5. The van der Waals surface area contributed by atoms with Gasteiger partial charge in [0.25, 0.3) is 0 Å². The number of methoxy groups -OCH3 is 2. The summed E-state index contributed by atoms with van der Waals surface area (Å²) in [4.78, 5) is 0. The van der Waals surface area contributed by atoms with Crippen LogP contribution in [0.15, 0.2) is 30.3 Å². The fourth-order valence-corrected chi connectivity index (χ4v) is 2.46. The smallest absolute Gasteiger partial charge is 0.140 e. The van der Waals surface area contributed by atoms with Crippen molar-refractivity contribution in [1.29, 1.82) is 0 Å². The third-order valence-electron chi connectivity index (χ3n) is 3.06. The third kappa shape index (κ3) is 8.51. The lowest BCUT2D eigenvalue weighted by atomic mass is 10.1. The Balaban J connectivity index is 0. The summed E-state index contributed by atoms with van der Waals surface area (Å²) in [6, 6.07) is 9.67. The summed E-state index contributed by atoms with van der Waals surface area (Å²) in [5.41, 5.74) is 3.19. The highest BCUT2D eigenvalue weighted by molar-refractivity contribution is 6.33. The minimum absolute atomic E-state index is 0.669. The minimum Gasteiger partial charge on any atom is -0.495 e. The SMILES string of the molecule is CC.CC.COc1c(C)ccc(C)c1Cl.COc1c(C)cccc1Cl. The van der Waals surface area contributed by atoms with E-state index in [-0.39, 0.29) is 0 Å². The normalized spacial score (nSPS) is 8.60. The monoisotopic (exact) mass is 386 g/mol. The summed E-state index contributed by atoms with van der Waals surface area (Å²) in [5.74, 6) is 1.55. The van der Waals surface area contributed by atoms with Crippen LogP contribution in [0, 0.1) is 20.8 Å². The standard InChI is InChI=1S/C9H11ClO.C8H9ClO.2C2H6/c1-6-4-5-7(2)9(11-3)8(6)10;1-6-4-3-5-7(9)8(6)10-2;2*1-2/h4-5H,1-3H3;3-5H,1-2H3;2*1-2H3. The maximum atomic E-state index is 5.97. The van der Waals surface area contributed by atoms with Crippen LogP contribution in [-0.2, 0) is 0 Å². The second kappa shape index (κ2) is 14.9. The highest BCUT2D eigenvalue weighted by Gasteiger charge is 2.05. The predicted molar refractivity (Wildman–Crippen MR) is 113 cm³/mol. The molecule has 0 bridgehead atoms. The molecule has 0 atom stereocenters. The van der Waals surface area contributed by atoms with Crippen LogP contribution in [0.25, 0.3) is 0 Å². The molecule has 0 aromatic heterocycles. The van der Waals surface area contributed by atoms with Crippen molar-refractivity contribution < 1.29 is 9.47 Å². The van der Waals surface area contributed by atoms with Gasteiger partial charge in [-0.15, -0.1) is 0 Å². The molecular weight excluding hydrogens is 355 g/mol. The van der Waals surface area contributed by atoms with Gasteiger partial charge in [0.05, 0.1) is 24.3 Å². The summed E-state index contributed by atoms with van der Waals surface area (Å²) in [6.07, 6.45) is 0. The molecular formula is C21H32Cl2O2. The molecule has 2 aromatic carbocycles. The van der Waals surface area contributed by atoms with Gasteiger partial charge >= 0.3 is 0 Å². The van der Waals surface area contributed by atoms with E-state index in [1.54, 1.807) is 14.2 Å². The number of para-hydroxylation sites is 1. The molecule has 2 aromatic rings. The molecule has 0 aliphatic rings. The predicted octanol–water partition coefficient (Wildman–Crippen LogP) is 7.67. The lowest BCUT2D eigenvalue weighted by Gasteiger charge is -2.07. The Morgan fingerprint density at radius 1 is 0.640 bits per heavy atom. The Kier molecular flexibility index (Phi) is 15.4. The summed E-state index contributed by atoms with van der Waals surface area (Å²) in [5, 5.41) is 1.38. The largest absolute Gasteiger partial charge is 0.495 e. The van der Waals surface area contributed by atoms with Gasteiger partial charge in [0.2, 0.25) is 0 Å². The molecule has 0 N–H and O–H groups in total. The Labute approximate surface area is 164 Å². The molecule has 0 heterocycles. The minimum atomic E-state index is 0.669. The topological polar surface area (TPSA) is 18.5 Å². The maximum Gasteiger partial charge on any atom is 0.140 e. The van der Waals surface area contributed by atoms with Crippen LogP contribution in [-0.4, -0.2) is 14.2 Å². The van der Waals surface area contributed by atoms with E-state index in [2.05, 4.69) is 0 Å². The van der Waals surface area contributed by atoms with Gasteiger partial charge in [-0.05, 0) is 43.5 Å². The molecule has 2 rings (SSSR count). The van der Waals surface area contributed by atoms with Gasteiger partial charge in [-0.1, -0.05) is 75.2 Å². The van der Waals surface area contributed by atoms with Crippen molar-refractivity contribution in [2.24, 2.45) is 0 Å². The Bertz CT molecular complexity index is 591. The molecule has 0 spiro atoms. The summed E-state index contributed by atoms with van der Waals surface area (Å²) in [6.45, 7) is 13.9. The van der Waals surface area contributed by atoms with Gasteiger partial charge < -0.3 is 9.47 Å². The molecule has 0 radical (unpaired) electrons. The van der Waals surface area contributed by atoms with E-state index in [9.17, 15) is 0 Å². The van der Waals surface area contributed by atoms with E-state index in [0.717, 1.165) is 28.2 Å². The van der Waals surface area contributed by atoms with Gasteiger partial charge in [-0.3, -0.25) is 0 Å². The molecule has 0 saturated heterocycles. The number of hydrogen-bond acceptors (Lipinski definition) is 2. The first-order valence-electron chi connectivity index (χ1n) is 8.51. The summed E-state index contributed by atoms with van der Waals surface area (Å²) < 4.78 is 10.2. The Morgan fingerprint density at radius 2 is 1.08 bits per heavy atom. The lowest BCUT2D eigenvalue weighted by Crippen LogP contribution is -1.89. The van der Waals surface area contributed by atoms with Crippen molar-refractivity contribution in [2.75, 3.05) is 14.2 Å². The molecule has 0 aliphatic carbocycles. The van der Waals surface area contributed by atoms with E-state index < -0.39 is 0 Å². The number of rotatable bonds is 2. The van der Waals surface area contributed by atoms with Gasteiger partial charge in [0, 0.05) is 0 Å². The van der Waals surface area contributed by atoms with Crippen molar-refractivity contribution in [2.45, 2.75) is 48.5 Å². The number of hydrogen-bond donors (Lipinski definition) is 0. The van der Waals surface area contributed by atoms with Gasteiger partial charge in [0.15, 0.2) is 0 Å². The van der Waals surface area contributed by atoms with Crippen molar-refractivity contribution in [3.63, 3.8) is 0 Å². The number of aryl methyl sites for hydroxylation is 3. The van der Waals surface area contributed by atoms with Crippen LogP contribution in [0.4, 0.5) is 0 Å². The molecule has 0 aliphatic heterocycles. The van der Waals surface area contributed by atoms with Crippen LogP contribution >= 0.6 is 23.2 Å².